The van der Waals surface area contributed by atoms with Crippen LogP contribution in [0.3, 0.4) is 0 Å². The van der Waals surface area contributed by atoms with E-state index < -0.39 is 31.7 Å². The Kier molecular flexibility index (Phi) is 17.6. The van der Waals surface area contributed by atoms with Crippen LogP contribution in [-0.2, 0) is 48.9 Å². The molecule has 14 nitrogen and oxygen atoms in total. The predicted molar refractivity (Wildman–Crippen MR) is 280 cm³/mol. The van der Waals surface area contributed by atoms with E-state index in [-0.39, 0.29) is 83.6 Å². The van der Waals surface area contributed by atoms with E-state index in [1.165, 1.54) is 77.0 Å². The fourth-order valence-corrected chi connectivity index (χ4v) is 20.1. The minimum atomic E-state index is -4.10. The molecule has 2 amide bonds. The van der Waals surface area contributed by atoms with Crippen molar-refractivity contribution < 1.29 is 54.6 Å². The molecule has 2 unspecified atom stereocenters. The lowest BCUT2D eigenvalue weighted by Crippen LogP contribution is -2.54. The van der Waals surface area contributed by atoms with Crippen molar-refractivity contribution in [2.24, 2.45) is 92.7 Å². The van der Waals surface area contributed by atoms with Crippen LogP contribution in [0.2, 0.25) is 0 Å². The molecular formula is C57H94N2O12S2. The zero-order valence-corrected chi connectivity index (χ0v) is 47.0. The summed E-state index contributed by atoms with van der Waals surface area (Å²) in [6.07, 6.45) is 23.5. The molecule has 0 bridgehead atoms. The number of ether oxygens (including phenoxy) is 2. The zero-order chi connectivity index (χ0) is 52.7. The lowest BCUT2D eigenvalue weighted by molar-refractivity contribution is -0.164. The van der Waals surface area contributed by atoms with Crippen molar-refractivity contribution in [2.45, 2.75) is 214 Å². The van der Waals surface area contributed by atoms with E-state index in [0.717, 1.165) is 51.4 Å². The first-order valence-electron chi connectivity index (χ1n) is 29.2. The van der Waals surface area contributed by atoms with Crippen LogP contribution in [0.25, 0.3) is 0 Å². The van der Waals surface area contributed by atoms with E-state index in [2.05, 4.69) is 52.2 Å². The molecule has 0 heterocycles. The molecule has 0 aromatic rings. The van der Waals surface area contributed by atoms with Gasteiger partial charge in [0.05, 0.1) is 11.5 Å². The van der Waals surface area contributed by atoms with Gasteiger partial charge in [-0.05, 0) is 228 Å². The molecule has 4 N–H and O–H groups in total. The molecule has 16 heteroatoms. The van der Waals surface area contributed by atoms with Gasteiger partial charge >= 0.3 is 11.9 Å². The highest BCUT2D eigenvalue weighted by molar-refractivity contribution is 7.86. The van der Waals surface area contributed by atoms with Gasteiger partial charge in [0.25, 0.3) is 20.2 Å². The molecule has 73 heavy (non-hydrogen) atoms. The number of carbonyl (C=O) groups is 4. The number of hydrogen-bond acceptors (Lipinski definition) is 10. The van der Waals surface area contributed by atoms with Crippen LogP contribution in [0.1, 0.15) is 202 Å². The van der Waals surface area contributed by atoms with Crippen LogP contribution in [-0.4, -0.2) is 86.5 Å². The van der Waals surface area contributed by atoms with Gasteiger partial charge in [0.1, 0.15) is 12.2 Å². The second kappa shape index (κ2) is 22.6. The summed E-state index contributed by atoms with van der Waals surface area (Å²) in [6.45, 7) is 14.6. The summed E-state index contributed by atoms with van der Waals surface area (Å²) in [6, 6.07) is 0. The van der Waals surface area contributed by atoms with E-state index in [4.69, 9.17) is 18.6 Å². The Morgan fingerprint density at radius 3 is 1.26 bits per heavy atom. The number of rotatable bonds is 20. The van der Waals surface area contributed by atoms with Crippen molar-refractivity contribution in [1.29, 1.82) is 0 Å². The molecule has 0 spiro atoms. The van der Waals surface area contributed by atoms with Crippen molar-refractivity contribution in [2.75, 3.05) is 24.6 Å². The topological polar surface area (TPSA) is 220 Å². The quantitative estimate of drug-likeness (QED) is 0.0661. The number of hydrogen-bond donors (Lipinski definition) is 4. The van der Waals surface area contributed by atoms with Gasteiger partial charge in [-0.1, -0.05) is 41.5 Å². The summed E-state index contributed by atoms with van der Waals surface area (Å²) >= 11 is 0. The largest absolute Gasteiger partial charge is 0.462 e. The van der Waals surface area contributed by atoms with Crippen LogP contribution >= 0.6 is 0 Å². The maximum atomic E-state index is 13.3. The third-order valence-electron chi connectivity index (χ3n) is 23.1. The highest BCUT2D eigenvalue weighted by atomic mass is 32.2. The number of carbonyl (C=O) groups excluding carboxylic acids is 4. The van der Waals surface area contributed by atoms with Gasteiger partial charge in [-0.15, -0.1) is 0 Å². The summed E-state index contributed by atoms with van der Waals surface area (Å²) in [5, 5.41) is 5.30. The molecule has 0 aromatic carbocycles. The molecule has 0 aromatic heterocycles. The van der Waals surface area contributed by atoms with Crippen molar-refractivity contribution in [3.63, 3.8) is 0 Å². The molecular weight excluding hydrogens is 969 g/mol. The molecule has 8 fully saturated rings. The molecule has 0 aliphatic heterocycles. The van der Waals surface area contributed by atoms with Crippen molar-refractivity contribution in [3.05, 3.63) is 0 Å². The van der Waals surface area contributed by atoms with Gasteiger partial charge in [-0.25, -0.2) is 0 Å². The van der Waals surface area contributed by atoms with Gasteiger partial charge in [0.15, 0.2) is 0 Å². The summed E-state index contributed by atoms with van der Waals surface area (Å²) in [5.74, 6) is 5.53. The molecule has 8 rings (SSSR count). The van der Waals surface area contributed by atoms with Crippen LogP contribution < -0.4 is 10.6 Å². The Morgan fingerprint density at radius 2 is 0.877 bits per heavy atom. The average Bonchev–Trinajstić information content (AvgIpc) is 3.86. The lowest BCUT2D eigenvalue weighted by Gasteiger charge is -2.61. The Labute approximate surface area is 438 Å². The zero-order valence-electron chi connectivity index (χ0n) is 45.4. The SMILES string of the molecule is C[C@H](CCC(=O)NCCS(=O)(=O)O)[C@H]1CC[C@H]2[C@@H]3CCC4C[C@H](OC(=O)CCCC(=O)O[C@@H]5CC[C@@]6(C)C(CC[C@H]7[C@@H]8CC[C@H]([C@H](C)CCC(=O)NCCS(=O)(=O)O)[C@@]8(C)CC[C@@H]76)C5)CC[C@]4(C)[C@H]3CC[C@]12C. The van der Waals surface area contributed by atoms with E-state index in [0.29, 0.717) is 90.3 Å². The minimum Gasteiger partial charge on any atom is -0.462 e. The summed E-state index contributed by atoms with van der Waals surface area (Å²) in [4.78, 5) is 51.5. The molecule has 8 aliphatic carbocycles. The molecule has 0 radical (unpaired) electrons. The first-order chi connectivity index (χ1) is 34.3. The average molecular weight is 1060 g/mol. The maximum absolute atomic E-state index is 13.3. The second-order valence-corrected chi connectivity index (χ2v) is 29.8. The van der Waals surface area contributed by atoms with Gasteiger partial charge in [-0.3, -0.25) is 28.3 Å². The molecule has 416 valence electrons. The van der Waals surface area contributed by atoms with Gasteiger partial charge in [-0.2, -0.15) is 16.8 Å². The first kappa shape index (κ1) is 56.9. The fourth-order valence-electron chi connectivity index (χ4n) is 19.4. The molecule has 8 aliphatic rings. The van der Waals surface area contributed by atoms with E-state index in [1.54, 1.807) is 0 Å². The smallest absolute Gasteiger partial charge is 0.306 e. The summed E-state index contributed by atoms with van der Waals surface area (Å²) in [7, 11) is -8.20. The molecule has 8 saturated carbocycles. The number of esters is 2. The van der Waals surface area contributed by atoms with Crippen molar-refractivity contribution in [1.82, 2.24) is 10.6 Å². The Morgan fingerprint density at radius 1 is 0.507 bits per heavy atom. The Balaban J connectivity index is 0.728. The number of nitrogens with one attached hydrogen (secondary N) is 2. The fraction of sp³-hybridized carbons (Fsp3) is 0.930. The van der Waals surface area contributed by atoms with Crippen molar-refractivity contribution in [3.8, 4) is 0 Å². The maximum Gasteiger partial charge on any atom is 0.306 e. The van der Waals surface area contributed by atoms with E-state index >= 15 is 0 Å². The second-order valence-electron chi connectivity index (χ2n) is 26.7. The van der Waals surface area contributed by atoms with Gasteiger partial charge in [0, 0.05) is 38.8 Å². The van der Waals surface area contributed by atoms with E-state index in [1.807, 2.05) is 0 Å². The number of amides is 2. The minimum absolute atomic E-state index is 0.0609. The predicted octanol–water partition coefficient (Wildman–Crippen LogP) is 10.1. The van der Waals surface area contributed by atoms with Gasteiger partial charge < -0.3 is 20.1 Å². The van der Waals surface area contributed by atoms with Crippen LogP contribution in [0.5, 0.6) is 0 Å². The third kappa shape index (κ3) is 12.5. The van der Waals surface area contributed by atoms with Gasteiger partial charge in [0.2, 0.25) is 11.8 Å². The third-order valence-corrected chi connectivity index (χ3v) is 24.6. The van der Waals surface area contributed by atoms with Crippen LogP contribution in [0.15, 0.2) is 0 Å². The monoisotopic (exact) mass is 1060 g/mol. The Hall–Kier alpha value is -2.30. The highest BCUT2D eigenvalue weighted by Gasteiger charge is 2.62. The molecule has 0 saturated heterocycles. The lowest BCUT2D eigenvalue weighted by atomic mass is 9.44. The normalized spacial score (nSPS) is 40.8. The van der Waals surface area contributed by atoms with Crippen molar-refractivity contribution >= 4 is 44.0 Å². The first-order valence-corrected chi connectivity index (χ1v) is 32.4. The van der Waals surface area contributed by atoms with Crippen LogP contribution in [0, 0.1) is 92.7 Å². The molecule has 18 atom stereocenters. The Bertz CT molecular complexity index is 2070. The van der Waals surface area contributed by atoms with E-state index in [9.17, 15) is 36.0 Å². The summed E-state index contributed by atoms with van der Waals surface area (Å²) in [5.41, 5.74) is 1.02. The summed E-state index contributed by atoms with van der Waals surface area (Å²) < 4.78 is 74.5. The van der Waals surface area contributed by atoms with Crippen LogP contribution in [0.4, 0.5) is 0 Å². The number of fused-ring (bicyclic) bond motifs is 10. The highest BCUT2D eigenvalue weighted by Crippen LogP contribution is 2.70. The standard InChI is InChI=1S/C57H94N2O12S2/c1-36(10-20-50(60)58-30-32-72(64,65)66)44-16-18-46-42-14-12-38-34-40(22-26-54(38,3)48(42)24-28-56(44,46)5)70-52(62)8-7-9-53(63)71-41-23-27-55(4)39(35-41)13-15-43-47-19-17-45(57(47,6)29-25-49(43)55)37(2)11-21-51(61)59-31-33-73(67,68)69/h36-49H,7-35H2,1-6H3,(H,58,60)(H,59,61)(H,64,65,66)(H,67,68,69)/t36-,37-,38?,39?,40-,41-,42+,43+,44-,45-,46+,47+,48+,49+,54+,55+,56-,57-/m1/s1.